The van der Waals surface area contributed by atoms with E-state index < -0.39 is 0 Å². The molecule has 124 valence electrons. The molecule has 25 heavy (non-hydrogen) atoms. The molecule has 2 aromatic carbocycles. The summed E-state index contributed by atoms with van der Waals surface area (Å²) in [6.45, 7) is -0.197. The highest BCUT2D eigenvalue weighted by Gasteiger charge is 2.12. The maximum absolute atomic E-state index is 9.77. The Morgan fingerprint density at radius 2 is 1.64 bits per heavy atom. The van der Waals surface area contributed by atoms with Crippen molar-refractivity contribution in [3.05, 3.63) is 66.5 Å². The normalized spacial score (nSPS) is 11.1. The molecule has 0 aliphatic rings. The summed E-state index contributed by atoms with van der Waals surface area (Å²) in [5, 5.41) is 24.8. The second kappa shape index (κ2) is 6.03. The molecule has 0 saturated heterocycles. The van der Waals surface area contributed by atoms with E-state index in [1.165, 1.54) is 0 Å². The van der Waals surface area contributed by atoms with Gasteiger partial charge < -0.3 is 10.2 Å². The lowest BCUT2D eigenvalue weighted by Crippen LogP contribution is -1.93. The first kappa shape index (κ1) is 15.4. The summed E-state index contributed by atoms with van der Waals surface area (Å²) in [6, 6.07) is 15.3. The lowest BCUT2D eigenvalue weighted by molar-refractivity contribution is 0.275. The Bertz CT molecular complexity index is 1060. The maximum Gasteiger partial charge on any atom is 0.121 e. The molecule has 0 aliphatic carbocycles. The lowest BCUT2D eigenvalue weighted by atomic mass is 9.99. The predicted octanol–water partition coefficient (Wildman–Crippen LogP) is 3.50. The number of hydrogen-bond acceptors (Lipinski definition) is 4. The zero-order valence-corrected chi connectivity index (χ0v) is 13.7. The number of aliphatic hydroxyl groups excluding tert-OH is 1. The molecule has 5 nitrogen and oxygen atoms in total. The lowest BCUT2D eigenvalue weighted by Gasteiger charge is -2.07. The van der Waals surface area contributed by atoms with Gasteiger partial charge in [-0.1, -0.05) is 12.1 Å². The summed E-state index contributed by atoms with van der Waals surface area (Å²) in [5.41, 5.74) is 5.45. The average Bonchev–Trinajstić information content (AvgIpc) is 2.97. The predicted molar refractivity (Wildman–Crippen MR) is 97.0 cm³/mol. The first-order valence-electron chi connectivity index (χ1n) is 7.97. The van der Waals surface area contributed by atoms with Gasteiger partial charge in [-0.25, -0.2) is 0 Å². The molecule has 0 atom stereocenters. The Balaban J connectivity index is 1.91. The number of nitrogens with zero attached hydrogens (tertiary/aromatic N) is 3. The van der Waals surface area contributed by atoms with E-state index in [2.05, 4.69) is 16.1 Å². The van der Waals surface area contributed by atoms with Gasteiger partial charge in [-0.05, 0) is 47.5 Å². The van der Waals surface area contributed by atoms with Crippen LogP contribution < -0.4 is 0 Å². The van der Waals surface area contributed by atoms with Crippen molar-refractivity contribution in [1.82, 2.24) is 14.8 Å². The Hall–Kier alpha value is -3.18. The molecule has 4 rings (SSSR count). The van der Waals surface area contributed by atoms with Crippen molar-refractivity contribution in [3.8, 4) is 28.1 Å². The van der Waals surface area contributed by atoms with Gasteiger partial charge in [-0.3, -0.25) is 9.67 Å². The largest absolute Gasteiger partial charge is 0.508 e. The zero-order chi connectivity index (χ0) is 17.4. The second-order valence-electron chi connectivity index (χ2n) is 5.94. The molecule has 0 fully saturated rings. The fourth-order valence-corrected chi connectivity index (χ4v) is 3.12. The Morgan fingerprint density at radius 1 is 0.920 bits per heavy atom. The van der Waals surface area contributed by atoms with Crippen LogP contribution in [0.15, 0.2) is 60.9 Å². The molecule has 0 aliphatic heterocycles. The molecule has 2 aromatic heterocycles. The van der Waals surface area contributed by atoms with Gasteiger partial charge in [-0.2, -0.15) is 5.10 Å². The van der Waals surface area contributed by atoms with Crippen LogP contribution in [0, 0.1) is 0 Å². The number of aromatic hydroxyl groups is 1. The average molecular weight is 331 g/mol. The number of aliphatic hydroxyl groups is 1. The van der Waals surface area contributed by atoms with Crippen LogP contribution in [0.2, 0.25) is 0 Å². The quantitative estimate of drug-likeness (QED) is 0.603. The highest BCUT2D eigenvalue weighted by Crippen LogP contribution is 2.33. The number of pyridine rings is 1. The van der Waals surface area contributed by atoms with Crippen molar-refractivity contribution < 1.29 is 10.2 Å². The fraction of sp³-hybridized carbons (Fsp3) is 0.100. The molecule has 0 saturated carbocycles. The van der Waals surface area contributed by atoms with E-state index in [0.29, 0.717) is 5.56 Å². The molecule has 0 amide bonds. The number of rotatable bonds is 3. The van der Waals surface area contributed by atoms with Gasteiger partial charge >= 0.3 is 0 Å². The van der Waals surface area contributed by atoms with Crippen LogP contribution in [-0.2, 0) is 13.7 Å². The number of fused-ring (bicyclic) bond motifs is 1. The Kier molecular flexibility index (Phi) is 3.71. The summed E-state index contributed by atoms with van der Waals surface area (Å²) < 4.78 is 1.87. The van der Waals surface area contributed by atoms with E-state index in [4.69, 9.17) is 0 Å². The summed E-state index contributed by atoms with van der Waals surface area (Å²) in [5.74, 6) is 0.103. The minimum atomic E-state index is -0.197. The zero-order valence-electron chi connectivity index (χ0n) is 13.7. The third-order valence-electron chi connectivity index (χ3n) is 4.37. The van der Waals surface area contributed by atoms with Crippen LogP contribution in [-0.4, -0.2) is 25.0 Å². The van der Waals surface area contributed by atoms with Gasteiger partial charge in [0.1, 0.15) is 5.75 Å². The van der Waals surface area contributed by atoms with Gasteiger partial charge in [0.2, 0.25) is 0 Å². The summed E-state index contributed by atoms with van der Waals surface area (Å²) in [6.07, 6.45) is 3.54. The molecular formula is C20H17N3O2. The molecular weight excluding hydrogens is 314 g/mol. The number of benzene rings is 2. The van der Waals surface area contributed by atoms with Gasteiger partial charge in [-0.15, -0.1) is 0 Å². The third-order valence-corrected chi connectivity index (χ3v) is 4.37. The van der Waals surface area contributed by atoms with E-state index in [1.54, 1.807) is 24.5 Å². The number of aromatic nitrogens is 3. The summed E-state index contributed by atoms with van der Waals surface area (Å²) >= 11 is 0. The molecule has 4 aromatic rings. The van der Waals surface area contributed by atoms with E-state index in [1.807, 2.05) is 42.1 Å². The van der Waals surface area contributed by atoms with Crippen LogP contribution in [0.5, 0.6) is 5.75 Å². The van der Waals surface area contributed by atoms with Crippen molar-refractivity contribution >= 4 is 10.9 Å². The monoisotopic (exact) mass is 331 g/mol. The maximum atomic E-state index is 9.77. The van der Waals surface area contributed by atoms with Gasteiger partial charge in [0.25, 0.3) is 0 Å². The SMILES string of the molecule is Cn1nc2ccc(-c3ccc(O)c(CO)c3)cc2c1-c1ccncc1. The van der Waals surface area contributed by atoms with Crippen LogP contribution in [0.4, 0.5) is 0 Å². The van der Waals surface area contributed by atoms with E-state index in [0.717, 1.165) is 33.3 Å². The van der Waals surface area contributed by atoms with Crippen LogP contribution in [0.25, 0.3) is 33.3 Å². The number of aryl methyl sites for hydroxylation is 1. The highest BCUT2D eigenvalue weighted by molar-refractivity contribution is 5.96. The van der Waals surface area contributed by atoms with Gasteiger partial charge in [0.15, 0.2) is 0 Å². The summed E-state index contributed by atoms with van der Waals surface area (Å²) in [4.78, 5) is 4.08. The first-order valence-corrected chi connectivity index (χ1v) is 7.97. The first-order chi connectivity index (χ1) is 12.2. The number of hydrogen-bond donors (Lipinski definition) is 2. The Morgan fingerprint density at radius 3 is 2.40 bits per heavy atom. The van der Waals surface area contributed by atoms with Crippen LogP contribution >= 0.6 is 0 Å². The Labute approximate surface area is 144 Å². The van der Waals surface area contributed by atoms with Crippen LogP contribution in [0.3, 0.4) is 0 Å². The smallest absolute Gasteiger partial charge is 0.121 e. The van der Waals surface area contributed by atoms with Crippen LogP contribution in [0.1, 0.15) is 5.56 Å². The van der Waals surface area contributed by atoms with Gasteiger partial charge in [0.05, 0.1) is 17.8 Å². The molecule has 0 radical (unpaired) electrons. The minimum absolute atomic E-state index is 0.103. The van der Waals surface area contributed by atoms with Crippen molar-refractivity contribution in [2.45, 2.75) is 6.61 Å². The molecule has 0 bridgehead atoms. The topological polar surface area (TPSA) is 71.2 Å². The third kappa shape index (κ3) is 2.64. The van der Waals surface area contributed by atoms with E-state index >= 15 is 0 Å². The van der Waals surface area contributed by atoms with Crippen molar-refractivity contribution in [1.29, 1.82) is 0 Å². The van der Waals surface area contributed by atoms with Crippen molar-refractivity contribution in [2.75, 3.05) is 0 Å². The molecule has 0 spiro atoms. The minimum Gasteiger partial charge on any atom is -0.508 e. The standard InChI is InChI=1S/C20H17N3O2/c1-23-20(13-6-8-21-9-7-13)17-11-15(2-4-18(17)22-23)14-3-5-19(25)16(10-14)12-24/h2-11,24-25H,12H2,1H3. The molecule has 5 heteroatoms. The fourth-order valence-electron chi connectivity index (χ4n) is 3.12. The van der Waals surface area contributed by atoms with E-state index in [9.17, 15) is 10.2 Å². The molecule has 2 N–H and O–H groups in total. The number of phenols is 1. The summed E-state index contributed by atoms with van der Waals surface area (Å²) in [7, 11) is 1.93. The van der Waals surface area contributed by atoms with Gasteiger partial charge in [0, 0.05) is 36.0 Å². The highest BCUT2D eigenvalue weighted by atomic mass is 16.3. The van der Waals surface area contributed by atoms with Crippen molar-refractivity contribution in [3.63, 3.8) is 0 Å². The molecule has 2 heterocycles. The molecule has 0 unspecified atom stereocenters. The van der Waals surface area contributed by atoms with E-state index in [-0.39, 0.29) is 12.4 Å². The van der Waals surface area contributed by atoms with Crippen molar-refractivity contribution in [2.24, 2.45) is 7.05 Å². The second-order valence-corrected chi connectivity index (χ2v) is 5.94.